The molecule has 4 aromatic rings. The van der Waals surface area contributed by atoms with E-state index in [2.05, 4.69) is 9.97 Å². The molecule has 1 heterocycles. The Morgan fingerprint density at radius 3 is 2.38 bits per heavy atom. The average molecular weight is 428 g/mol. The van der Waals surface area contributed by atoms with E-state index in [1.807, 2.05) is 87.5 Å². The molecular weight excluding hydrogens is 404 g/mol. The van der Waals surface area contributed by atoms with E-state index in [1.54, 1.807) is 0 Å². The van der Waals surface area contributed by atoms with Gasteiger partial charge < -0.3 is 14.8 Å². The van der Waals surface area contributed by atoms with Crippen molar-refractivity contribution < 1.29 is 14.6 Å². The zero-order valence-electron chi connectivity index (χ0n) is 18.2. The summed E-state index contributed by atoms with van der Waals surface area (Å²) in [6, 6.07) is 20.6. The van der Waals surface area contributed by atoms with Gasteiger partial charge >= 0.3 is 5.97 Å². The molecule has 0 radical (unpaired) electrons. The molecule has 0 saturated carbocycles. The number of aromatic nitrogens is 2. The summed E-state index contributed by atoms with van der Waals surface area (Å²) in [5.74, 6) is 0.413. The molecule has 0 spiro atoms. The van der Waals surface area contributed by atoms with Crippen LogP contribution in [-0.4, -0.2) is 21.0 Å². The van der Waals surface area contributed by atoms with Gasteiger partial charge in [0.25, 0.3) is 5.56 Å². The van der Waals surface area contributed by atoms with Gasteiger partial charge in [-0.15, -0.1) is 0 Å². The summed E-state index contributed by atoms with van der Waals surface area (Å²) in [5.41, 5.74) is 2.79. The van der Waals surface area contributed by atoms with Crippen LogP contribution in [0.3, 0.4) is 0 Å². The maximum Gasteiger partial charge on any atom is 0.307 e. The normalized spacial score (nSPS) is 11.5. The SMILES string of the molecule is CC(C)(C)c1nc2c(CC(=O)O)cc(-c3cccc(Oc4ccccc4)c3)cc2[nH]c1=O. The van der Waals surface area contributed by atoms with Crippen LogP contribution in [0.4, 0.5) is 0 Å². The van der Waals surface area contributed by atoms with Gasteiger partial charge in [0.1, 0.15) is 17.2 Å². The Kier molecular flexibility index (Phi) is 5.53. The van der Waals surface area contributed by atoms with E-state index in [-0.39, 0.29) is 12.0 Å². The van der Waals surface area contributed by atoms with E-state index < -0.39 is 11.4 Å². The number of hydrogen-bond acceptors (Lipinski definition) is 4. The van der Waals surface area contributed by atoms with Crippen LogP contribution in [0, 0.1) is 0 Å². The van der Waals surface area contributed by atoms with Gasteiger partial charge in [0, 0.05) is 5.41 Å². The first kappa shape index (κ1) is 21.3. The van der Waals surface area contributed by atoms with Gasteiger partial charge in [0.2, 0.25) is 0 Å². The molecule has 0 aliphatic heterocycles. The summed E-state index contributed by atoms with van der Waals surface area (Å²) in [4.78, 5) is 31.7. The molecule has 0 bridgehead atoms. The number of benzene rings is 3. The molecule has 3 aromatic carbocycles. The minimum Gasteiger partial charge on any atom is -0.481 e. The number of H-pyrrole nitrogens is 1. The highest BCUT2D eigenvalue weighted by Crippen LogP contribution is 2.31. The summed E-state index contributed by atoms with van der Waals surface area (Å²) in [6.45, 7) is 5.71. The highest BCUT2D eigenvalue weighted by atomic mass is 16.5. The zero-order valence-corrected chi connectivity index (χ0v) is 18.2. The number of carboxylic acids is 1. The van der Waals surface area contributed by atoms with Gasteiger partial charge in [-0.05, 0) is 53.1 Å². The van der Waals surface area contributed by atoms with Crippen molar-refractivity contribution in [3.63, 3.8) is 0 Å². The second-order valence-electron chi connectivity index (χ2n) is 8.71. The number of ether oxygens (including phenoxy) is 1. The molecule has 162 valence electrons. The third kappa shape index (κ3) is 4.54. The molecule has 6 heteroatoms. The topological polar surface area (TPSA) is 92.3 Å². The van der Waals surface area contributed by atoms with Crippen LogP contribution < -0.4 is 10.3 Å². The molecule has 1 aromatic heterocycles. The largest absolute Gasteiger partial charge is 0.481 e. The summed E-state index contributed by atoms with van der Waals surface area (Å²) in [6.07, 6.45) is -0.201. The van der Waals surface area contributed by atoms with Crippen LogP contribution in [0.15, 0.2) is 71.5 Å². The summed E-state index contributed by atoms with van der Waals surface area (Å²) >= 11 is 0. The summed E-state index contributed by atoms with van der Waals surface area (Å²) in [7, 11) is 0. The van der Waals surface area contributed by atoms with E-state index in [9.17, 15) is 14.7 Å². The van der Waals surface area contributed by atoms with Crippen LogP contribution in [-0.2, 0) is 16.6 Å². The smallest absolute Gasteiger partial charge is 0.307 e. The third-order valence-corrected chi connectivity index (χ3v) is 5.07. The first-order chi connectivity index (χ1) is 15.2. The number of hydrogen-bond donors (Lipinski definition) is 2. The predicted octanol–water partition coefficient (Wildman–Crippen LogP) is 5.31. The van der Waals surface area contributed by atoms with Gasteiger partial charge in [-0.3, -0.25) is 9.59 Å². The van der Waals surface area contributed by atoms with Crippen LogP contribution in [0.1, 0.15) is 32.0 Å². The number of nitrogens with one attached hydrogen (secondary N) is 1. The Morgan fingerprint density at radius 1 is 0.969 bits per heavy atom. The van der Waals surface area contributed by atoms with Crippen molar-refractivity contribution in [2.45, 2.75) is 32.6 Å². The molecule has 0 fully saturated rings. The van der Waals surface area contributed by atoms with Crippen molar-refractivity contribution >= 4 is 17.0 Å². The number of carboxylic acid groups (broad SMARTS) is 1. The number of fused-ring (bicyclic) bond motifs is 1. The van der Waals surface area contributed by atoms with Crippen LogP contribution in [0.25, 0.3) is 22.2 Å². The number of nitrogens with zero attached hydrogens (tertiary/aromatic N) is 1. The average Bonchev–Trinajstić information content (AvgIpc) is 2.73. The highest BCUT2D eigenvalue weighted by Gasteiger charge is 2.22. The lowest BCUT2D eigenvalue weighted by Crippen LogP contribution is -2.27. The standard InChI is InChI=1S/C26H24N2O4/c1-26(2,3)24-25(31)27-21-14-17(12-18(15-22(29)30)23(21)28-24)16-8-7-11-20(13-16)32-19-9-5-4-6-10-19/h4-14H,15H2,1-3H3,(H,27,31)(H,29,30). The third-order valence-electron chi connectivity index (χ3n) is 5.07. The molecule has 0 amide bonds. The minimum absolute atomic E-state index is 0.201. The molecule has 4 rings (SSSR count). The molecule has 0 atom stereocenters. The maximum absolute atomic E-state index is 12.7. The maximum atomic E-state index is 12.7. The first-order valence-electron chi connectivity index (χ1n) is 10.3. The Bertz CT molecular complexity index is 1350. The van der Waals surface area contributed by atoms with Gasteiger partial charge in [0.15, 0.2) is 0 Å². The second-order valence-corrected chi connectivity index (χ2v) is 8.71. The number of para-hydroxylation sites is 1. The molecule has 0 saturated heterocycles. The molecule has 32 heavy (non-hydrogen) atoms. The summed E-state index contributed by atoms with van der Waals surface area (Å²) in [5, 5.41) is 9.46. The van der Waals surface area contributed by atoms with Crippen molar-refractivity contribution in [1.29, 1.82) is 0 Å². The Balaban J connectivity index is 1.84. The number of aliphatic carboxylic acids is 1. The van der Waals surface area contributed by atoms with Crippen molar-refractivity contribution in [2.75, 3.05) is 0 Å². The number of aromatic amines is 1. The van der Waals surface area contributed by atoms with Crippen molar-refractivity contribution in [2.24, 2.45) is 0 Å². The second kappa shape index (κ2) is 8.30. The van der Waals surface area contributed by atoms with Gasteiger partial charge in [0.05, 0.1) is 17.5 Å². The van der Waals surface area contributed by atoms with Crippen molar-refractivity contribution in [3.8, 4) is 22.6 Å². The van der Waals surface area contributed by atoms with E-state index in [1.165, 1.54) is 0 Å². The van der Waals surface area contributed by atoms with Gasteiger partial charge in [-0.1, -0.05) is 51.1 Å². The molecule has 2 N–H and O–H groups in total. The Hall–Kier alpha value is -3.93. The van der Waals surface area contributed by atoms with Crippen LogP contribution in [0.2, 0.25) is 0 Å². The van der Waals surface area contributed by atoms with E-state index in [0.717, 1.165) is 16.9 Å². The van der Waals surface area contributed by atoms with Crippen molar-refractivity contribution in [1.82, 2.24) is 9.97 Å². The highest BCUT2D eigenvalue weighted by molar-refractivity contribution is 5.88. The number of rotatable bonds is 5. The minimum atomic E-state index is -0.963. The lowest BCUT2D eigenvalue weighted by Gasteiger charge is -2.18. The van der Waals surface area contributed by atoms with Crippen LogP contribution >= 0.6 is 0 Å². The molecule has 6 nitrogen and oxygen atoms in total. The van der Waals surface area contributed by atoms with Gasteiger partial charge in [-0.25, -0.2) is 4.98 Å². The van der Waals surface area contributed by atoms with Gasteiger partial charge in [-0.2, -0.15) is 0 Å². The lowest BCUT2D eigenvalue weighted by atomic mass is 9.92. The van der Waals surface area contributed by atoms with Crippen molar-refractivity contribution in [3.05, 3.63) is 88.3 Å². The monoisotopic (exact) mass is 428 g/mol. The van der Waals surface area contributed by atoms with Crippen LogP contribution in [0.5, 0.6) is 11.5 Å². The predicted molar refractivity (Wildman–Crippen MR) is 124 cm³/mol. The lowest BCUT2D eigenvalue weighted by molar-refractivity contribution is -0.136. The fraction of sp³-hybridized carbons (Fsp3) is 0.192. The fourth-order valence-corrected chi connectivity index (χ4v) is 3.60. The molecular formula is C26H24N2O4. The Labute approximate surface area is 185 Å². The van der Waals surface area contributed by atoms with E-state index in [0.29, 0.717) is 28.0 Å². The quantitative estimate of drug-likeness (QED) is 0.450. The molecule has 0 unspecified atom stereocenters. The zero-order chi connectivity index (χ0) is 22.9. The van der Waals surface area contributed by atoms with E-state index >= 15 is 0 Å². The summed E-state index contributed by atoms with van der Waals surface area (Å²) < 4.78 is 5.93. The first-order valence-corrected chi connectivity index (χ1v) is 10.3. The Morgan fingerprint density at radius 2 is 1.69 bits per heavy atom. The van der Waals surface area contributed by atoms with E-state index in [4.69, 9.17) is 4.74 Å². The molecule has 0 aliphatic carbocycles. The number of carbonyl (C=O) groups is 1. The fourth-order valence-electron chi connectivity index (χ4n) is 3.60. The molecule has 0 aliphatic rings.